The van der Waals surface area contributed by atoms with E-state index in [2.05, 4.69) is 15.9 Å². The third-order valence-corrected chi connectivity index (χ3v) is 3.66. The summed E-state index contributed by atoms with van der Waals surface area (Å²) in [6, 6.07) is 4.01. The van der Waals surface area contributed by atoms with Gasteiger partial charge >= 0.3 is 5.69 Å². The van der Waals surface area contributed by atoms with Crippen molar-refractivity contribution in [2.45, 2.75) is 19.3 Å². The van der Waals surface area contributed by atoms with Crippen LogP contribution in [0.3, 0.4) is 0 Å². The van der Waals surface area contributed by atoms with Crippen LogP contribution in [0.4, 0.5) is 10.1 Å². The maximum Gasteiger partial charge on any atom is 0.304 e. The number of benzene rings is 1. The summed E-state index contributed by atoms with van der Waals surface area (Å²) >= 11 is 3.32. The average molecular weight is 276 g/mol. The molecule has 1 aromatic rings. The van der Waals surface area contributed by atoms with Gasteiger partial charge in [0.1, 0.15) is 0 Å². The topological polar surface area (TPSA) is 43.1 Å². The Kier molecular flexibility index (Phi) is 3.44. The second-order valence-electron chi connectivity index (χ2n) is 3.94. The van der Waals surface area contributed by atoms with Crippen molar-refractivity contribution < 1.29 is 9.31 Å². The molecule has 0 spiro atoms. The molecule has 15 heavy (non-hydrogen) atoms. The molecule has 0 atom stereocenters. The van der Waals surface area contributed by atoms with Crippen molar-refractivity contribution in [3.8, 4) is 0 Å². The summed E-state index contributed by atoms with van der Waals surface area (Å²) in [6.07, 6.45) is 0. The van der Waals surface area contributed by atoms with Gasteiger partial charge in [0.25, 0.3) is 0 Å². The average Bonchev–Trinajstić information content (AvgIpc) is 2.17. The first-order valence-corrected chi connectivity index (χ1v) is 5.51. The van der Waals surface area contributed by atoms with Crippen molar-refractivity contribution in [3.63, 3.8) is 0 Å². The van der Waals surface area contributed by atoms with Gasteiger partial charge < -0.3 is 0 Å². The summed E-state index contributed by atoms with van der Waals surface area (Å²) in [5.41, 5.74) is 0.0160. The normalized spacial score (nSPS) is 11.5. The summed E-state index contributed by atoms with van der Waals surface area (Å²) in [7, 11) is 0. The van der Waals surface area contributed by atoms with Crippen LogP contribution in [-0.4, -0.2) is 10.3 Å². The van der Waals surface area contributed by atoms with Gasteiger partial charge in [-0.15, -0.1) is 0 Å². The maximum atomic E-state index is 13.3. The Morgan fingerprint density at radius 1 is 1.53 bits per heavy atom. The van der Waals surface area contributed by atoms with Gasteiger partial charge in [0.05, 0.1) is 4.92 Å². The van der Waals surface area contributed by atoms with Crippen molar-refractivity contribution >= 4 is 21.6 Å². The number of hydrogen-bond acceptors (Lipinski definition) is 2. The third-order valence-electron chi connectivity index (χ3n) is 2.26. The molecule has 1 rings (SSSR count). The van der Waals surface area contributed by atoms with Crippen LogP contribution in [0.2, 0.25) is 0 Å². The first-order chi connectivity index (χ1) is 6.88. The van der Waals surface area contributed by atoms with Crippen molar-refractivity contribution in [3.05, 3.63) is 39.7 Å². The van der Waals surface area contributed by atoms with Crippen LogP contribution in [0.5, 0.6) is 0 Å². The number of rotatable bonds is 3. The van der Waals surface area contributed by atoms with Crippen LogP contribution in [-0.2, 0) is 5.41 Å². The second kappa shape index (κ2) is 4.26. The summed E-state index contributed by atoms with van der Waals surface area (Å²) in [5, 5.41) is 11.1. The Morgan fingerprint density at radius 3 is 2.53 bits per heavy atom. The zero-order valence-electron chi connectivity index (χ0n) is 8.46. The number of hydrogen-bond donors (Lipinski definition) is 0. The zero-order chi connectivity index (χ0) is 11.6. The third kappa shape index (κ3) is 2.53. The number of alkyl halides is 1. The quantitative estimate of drug-likeness (QED) is 0.482. The van der Waals surface area contributed by atoms with Gasteiger partial charge in [-0.1, -0.05) is 35.8 Å². The Balaban J connectivity index is 3.18. The monoisotopic (exact) mass is 275 g/mol. The zero-order valence-corrected chi connectivity index (χ0v) is 10.0. The molecular weight excluding hydrogens is 265 g/mol. The number of nitrogens with zero attached hydrogens (tertiary/aromatic N) is 1. The van der Waals surface area contributed by atoms with E-state index in [0.29, 0.717) is 5.33 Å². The molecular formula is C10H11BrFNO2. The van der Waals surface area contributed by atoms with Crippen molar-refractivity contribution in [2.24, 2.45) is 0 Å². The van der Waals surface area contributed by atoms with E-state index in [1.807, 2.05) is 13.8 Å². The molecule has 0 saturated carbocycles. The SMILES string of the molecule is CC(C)(CBr)c1ccc([N+](=O)[O-])c(F)c1. The van der Waals surface area contributed by atoms with E-state index < -0.39 is 16.4 Å². The van der Waals surface area contributed by atoms with Gasteiger partial charge in [0.15, 0.2) is 0 Å². The molecule has 0 amide bonds. The predicted octanol–water partition coefficient (Wildman–Crippen LogP) is 3.41. The van der Waals surface area contributed by atoms with Gasteiger partial charge in [-0.05, 0) is 17.0 Å². The lowest BCUT2D eigenvalue weighted by Gasteiger charge is -2.21. The summed E-state index contributed by atoms with van der Waals surface area (Å²) in [6.45, 7) is 3.87. The molecule has 0 saturated heterocycles. The smallest absolute Gasteiger partial charge is 0.258 e. The highest BCUT2D eigenvalue weighted by Gasteiger charge is 2.22. The fourth-order valence-corrected chi connectivity index (χ4v) is 1.48. The predicted molar refractivity (Wildman–Crippen MR) is 59.9 cm³/mol. The molecule has 0 unspecified atom stereocenters. The van der Waals surface area contributed by atoms with E-state index >= 15 is 0 Å². The lowest BCUT2D eigenvalue weighted by Crippen LogP contribution is -2.19. The van der Waals surface area contributed by atoms with Crippen LogP contribution in [0.1, 0.15) is 19.4 Å². The molecule has 0 aliphatic carbocycles. The number of nitro benzene ring substituents is 1. The lowest BCUT2D eigenvalue weighted by atomic mass is 9.87. The number of nitro groups is 1. The van der Waals surface area contributed by atoms with Gasteiger partial charge in [0, 0.05) is 11.4 Å². The molecule has 5 heteroatoms. The van der Waals surface area contributed by atoms with Crippen molar-refractivity contribution in [1.29, 1.82) is 0 Å². The maximum absolute atomic E-state index is 13.3. The van der Waals surface area contributed by atoms with Crippen LogP contribution < -0.4 is 0 Å². The van der Waals surface area contributed by atoms with Crippen molar-refractivity contribution in [1.82, 2.24) is 0 Å². The van der Waals surface area contributed by atoms with Crippen LogP contribution >= 0.6 is 15.9 Å². The highest BCUT2D eigenvalue weighted by Crippen LogP contribution is 2.28. The standard InChI is InChI=1S/C10H11BrFNO2/c1-10(2,6-11)7-3-4-9(13(14)15)8(12)5-7/h3-5H,6H2,1-2H3. The van der Waals surface area contributed by atoms with E-state index in [-0.39, 0.29) is 5.41 Å². The molecule has 82 valence electrons. The Bertz CT molecular complexity index is 393. The Hall–Kier alpha value is -0.970. The van der Waals surface area contributed by atoms with Crippen LogP contribution in [0, 0.1) is 15.9 Å². The second-order valence-corrected chi connectivity index (χ2v) is 4.50. The molecule has 0 radical (unpaired) electrons. The van der Waals surface area contributed by atoms with Gasteiger partial charge in [0.2, 0.25) is 5.82 Å². The van der Waals surface area contributed by atoms with Crippen molar-refractivity contribution in [2.75, 3.05) is 5.33 Å². The molecule has 0 bridgehead atoms. The van der Waals surface area contributed by atoms with Crippen LogP contribution in [0.15, 0.2) is 18.2 Å². The largest absolute Gasteiger partial charge is 0.304 e. The summed E-state index contributed by atoms with van der Waals surface area (Å²) in [5.74, 6) is -0.786. The molecule has 0 N–H and O–H groups in total. The molecule has 0 heterocycles. The first-order valence-electron chi connectivity index (χ1n) is 4.39. The fourth-order valence-electron chi connectivity index (χ4n) is 1.15. The lowest BCUT2D eigenvalue weighted by molar-refractivity contribution is -0.387. The Labute approximate surface area is 95.6 Å². The molecule has 1 aromatic carbocycles. The highest BCUT2D eigenvalue weighted by molar-refractivity contribution is 9.09. The molecule has 0 aliphatic heterocycles. The molecule has 3 nitrogen and oxygen atoms in total. The fraction of sp³-hybridized carbons (Fsp3) is 0.400. The van der Waals surface area contributed by atoms with Gasteiger partial charge in [-0.25, -0.2) is 0 Å². The van der Waals surface area contributed by atoms with E-state index in [1.54, 1.807) is 6.07 Å². The first kappa shape index (κ1) is 12.1. The van der Waals surface area contributed by atoms with E-state index in [0.717, 1.165) is 5.56 Å². The molecule has 0 aliphatic rings. The molecule has 0 aromatic heterocycles. The molecule has 0 fully saturated rings. The van der Waals surface area contributed by atoms with E-state index in [4.69, 9.17) is 0 Å². The highest BCUT2D eigenvalue weighted by atomic mass is 79.9. The van der Waals surface area contributed by atoms with E-state index in [1.165, 1.54) is 12.1 Å². The minimum Gasteiger partial charge on any atom is -0.258 e. The summed E-state index contributed by atoms with van der Waals surface area (Å²) < 4.78 is 13.3. The Morgan fingerprint density at radius 2 is 2.13 bits per heavy atom. The number of halogens is 2. The van der Waals surface area contributed by atoms with Gasteiger partial charge in [-0.2, -0.15) is 4.39 Å². The minimum atomic E-state index is -0.786. The minimum absolute atomic E-state index is 0.240. The van der Waals surface area contributed by atoms with Gasteiger partial charge in [-0.3, -0.25) is 10.1 Å². The van der Waals surface area contributed by atoms with E-state index in [9.17, 15) is 14.5 Å². The van der Waals surface area contributed by atoms with Crippen LogP contribution in [0.25, 0.3) is 0 Å². The summed E-state index contributed by atoms with van der Waals surface area (Å²) in [4.78, 5) is 9.69.